The van der Waals surface area contributed by atoms with Crippen LogP contribution in [0, 0.1) is 17.7 Å². The molecule has 4 heteroatoms. The fourth-order valence-electron chi connectivity index (χ4n) is 4.16. The van der Waals surface area contributed by atoms with Gasteiger partial charge in [0.2, 0.25) is 0 Å². The number of nitrogens with zero attached hydrogens (tertiary/aromatic N) is 1. The van der Waals surface area contributed by atoms with Gasteiger partial charge in [-0.1, -0.05) is 41.3 Å². The molecule has 0 radical (unpaired) electrons. The summed E-state index contributed by atoms with van der Waals surface area (Å²) in [6.45, 7) is 2.85. The maximum absolute atomic E-state index is 13.3. The minimum atomic E-state index is -0.201. The number of rotatable bonds is 3. The molecule has 0 aromatic heterocycles. The summed E-state index contributed by atoms with van der Waals surface area (Å²) in [6, 6.07) is 5.16. The van der Waals surface area contributed by atoms with Gasteiger partial charge in [-0.15, -0.1) is 0 Å². The zero-order valence-electron chi connectivity index (χ0n) is 12.4. The summed E-state index contributed by atoms with van der Waals surface area (Å²) < 4.78 is 14.1. The monoisotopic (exact) mass is 354 g/mol. The van der Waals surface area contributed by atoms with Gasteiger partial charge in [-0.2, -0.15) is 0 Å². The zero-order valence-corrected chi connectivity index (χ0v) is 14.0. The summed E-state index contributed by atoms with van der Waals surface area (Å²) in [5, 5.41) is 0. The van der Waals surface area contributed by atoms with E-state index in [1.54, 1.807) is 6.07 Å². The highest BCUT2D eigenvalue weighted by Gasteiger charge is 2.34. The van der Waals surface area contributed by atoms with Crippen LogP contribution in [-0.2, 0) is 0 Å². The molecule has 116 valence electrons. The molecule has 2 nitrogen and oxygen atoms in total. The van der Waals surface area contributed by atoms with Gasteiger partial charge in [0.15, 0.2) is 0 Å². The highest BCUT2D eigenvalue weighted by molar-refractivity contribution is 9.10. The molecular formula is C17H24BrFN2. The minimum Gasteiger partial charge on any atom is -0.329 e. The maximum atomic E-state index is 13.3. The second-order valence-electron chi connectivity index (χ2n) is 6.51. The summed E-state index contributed by atoms with van der Waals surface area (Å²) in [5.74, 6) is 1.55. The van der Waals surface area contributed by atoms with Gasteiger partial charge < -0.3 is 5.73 Å². The molecule has 1 saturated heterocycles. The zero-order chi connectivity index (χ0) is 14.8. The molecule has 1 saturated carbocycles. The molecule has 2 aliphatic rings. The molecule has 1 aromatic rings. The number of benzene rings is 1. The Labute approximate surface area is 135 Å². The van der Waals surface area contributed by atoms with Crippen LogP contribution in [0.5, 0.6) is 0 Å². The molecule has 1 aromatic carbocycles. The number of hydrogen-bond acceptors (Lipinski definition) is 2. The molecule has 3 rings (SSSR count). The lowest BCUT2D eigenvalue weighted by molar-refractivity contribution is 0.0584. The number of likely N-dealkylation sites (tertiary alicyclic amines) is 1. The predicted octanol–water partition coefficient (Wildman–Crippen LogP) is 4.10. The van der Waals surface area contributed by atoms with Crippen LogP contribution in [0.2, 0.25) is 0 Å². The topological polar surface area (TPSA) is 29.3 Å². The van der Waals surface area contributed by atoms with Crippen molar-refractivity contribution in [2.24, 2.45) is 17.6 Å². The van der Waals surface area contributed by atoms with Crippen molar-refractivity contribution in [3.8, 4) is 0 Å². The van der Waals surface area contributed by atoms with Gasteiger partial charge in [-0.25, -0.2) is 4.39 Å². The van der Waals surface area contributed by atoms with E-state index in [9.17, 15) is 4.39 Å². The van der Waals surface area contributed by atoms with E-state index in [-0.39, 0.29) is 11.9 Å². The molecule has 2 N–H and O–H groups in total. The van der Waals surface area contributed by atoms with Crippen molar-refractivity contribution in [1.29, 1.82) is 0 Å². The standard InChI is InChI=1S/C17H24BrFN2/c18-16-9-14(19)5-6-15(16)17(10-20)21-8-7-12-3-1-2-4-13(12)11-21/h5-6,9,12-13,17H,1-4,7-8,10-11,20H2. The summed E-state index contributed by atoms with van der Waals surface area (Å²) in [6.07, 6.45) is 6.85. The average Bonchev–Trinajstić information content (AvgIpc) is 2.50. The third kappa shape index (κ3) is 3.33. The van der Waals surface area contributed by atoms with Crippen molar-refractivity contribution >= 4 is 15.9 Å². The Hall–Kier alpha value is -0.450. The van der Waals surface area contributed by atoms with E-state index in [4.69, 9.17) is 5.73 Å². The molecule has 0 spiro atoms. The number of nitrogens with two attached hydrogens (primary N) is 1. The normalized spacial score (nSPS) is 28.1. The van der Waals surface area contributed by atoms with Gasteiger partial charge in [-0.05, 0) is 48.9 Å². The fourth-order valence-corrected chi connectivity index (χ4v) is 4.77. The first-order valence-electron chi connectivity index (χ1n) is 8.08. The second kappa shape index (κ2) is 6.76. The third-order valence-corrected chi connectivity index (χ3v) is 5.99. The largest absolute Gasteiger partial charge is 0.329 e. The number of piperidine rings is 1. The van der Waals surface area contributed by atoms with Gasteiger partial charge in [0.25, 0.3) is 0 Å². The van der Waals surface area contributed by atoms with E-state index in [0.717, 1.165) is 35.0 Å². The Morgan fingerprint density at radius 3 is 2.71 bits per heavy atom. The first-order chi connectivity index (χ1) is 10.2. The Morgan fingerprint density at radius 1 is 1.24 bits per heavy atom. The van der Waals surface area contributed by atoms with Gasteiger partial charge in [0, 0.05) is 23.6 Å². The highest BCUT2D eigenvalue weighted by atomic mass is 79.9. The van der Waals surface area contributed by atoms with Crippen LogP contribution in [0.15, 0.2) is 22.7 Å². The van der Waals surface area contributed by atoms with E-state index < -0.39 is 0 Å². The molecule has 21 heavy (non-hydrogen) atoms. The van der Waals surface area contributed by atoms with E-state index >= 15 is 0 Å². The molecular weight excluding hydrogens is 331 g/mol. The Bertz CT molecular complexity index is 494. The van der Waals surface area contributed by atoms with Gasteiger partial charge in [-0.3, -0.25) is 4.90 Å². The SMILES string of the molecule is NCC(c1ccc(F)cc1Br)N1CCC2CCCCC2C1. The Balaban J connectivity index is 1.77. The van der Waals surface area contributed by atoms with E-state index in [2.05, 4.69) is 20.8 Å². The lowest BCUT2D eigenvalue weighted by Gasteiger charge is -2.44. The smallest absolute Gasteiger partial charge is 0.124 e. The lowest BCUT2D eigenvalue weighted by atomic mass is 9.74. The van der Waals surface area contributed by atoms with Crippen LogP contribution in [0.1, 0.15) is 43.7 Å². The molecule has 1 aliphatic carbocycles. The maximum Gasteiger partial charge on any atom is 0.124 e. The number of fused-ring (bicyclic) bond motifs is 1. The minimum absolute atomic E-state index is 0.197. The van der Waals surface area contributed by atoms with Crippen molar-refractivity contribution in [3.05, 3.63) is 34.1 Å². The van der Waals surface area contributed by atoms with Crippen molar-refractivity contribution in [2.45, 2.75) is 38.1 Å². The Morgan fingerprint density at radius 2 is 2.00 bits per heavy atom. The van der Waals surface area contributed by atoms with Crippen LogP contribution in [-0.4, -0.2) is 24.5 Å². The molecule has 0 amide bonds. The summed E-state index contributed by atoms with van der Waals surface area (Å²) in [7, 11) is 0. The van der Waals surface area contributed by atoms with Crippen LogP contribution in [0.25, 0.3) is 0 Å². The van der Waals surface area contributed by atoms with Gasteiger partial charge in [0.05, 0.1) is 0 Å². The lowest BCUT2D eigenvalue weighted by Crippen LogP contribution is -2.45. The van der Waals surface area contributed by atoms with Crippen molar-refractivity contribution in [3.63, 3.8) is 0 Å². The molecule has 0 bridgehead atoms. The van der Waals surface area contributed by atoms with Gasteiger partial charge >= 0.3 is 0 Å². The van der Waals surface area contributed by atoms with E-state index in [1.165, 1.54) is 38.2 Å². The third-order valence-electron chi connectivity index (χ3n) is 5.31. The second-order valence-corrected chi connectivity index (χ2v) is 7.36. The molecule has 3 unspecified atom stereocenters. The predicted molar refractivity (Wildman–Crippen MR) is 87.5 cm³/mol. The number of hydrogen-bond donors (Lipinski definition) is 1. The van der Waals surface area contributed by atoms with Crippen LogP contribution < -0.4 is 5.73 Å². The van der Waals surface area contributed by atoms with E-state index in [0.29, 0.717) is 6.54 Å². The molecule has 1 heterocycles. The molecule has 3 atom stereocenters. The van der Waals surface area contributed by atoms with Gasteiger partial charge in [0.1, 0.15) is 5.82 Å². The van der Waals surface area contributed by atoms with Crippen LogP contribution in [0.4, 0.5) is 4.39 Å². The average molecular weight is 355 g/mol. The molecule has 1 aliphatic heterocycles. The first-order valence-corrected chi connectivity index (χ1v) is 8.87. The first kappa shape index (κ1) is 15.4. The van der Waals surface area contributed by atoms with Crippen LogP contribution in [0.3, 0.4) is 0 Å². The number of halogens is 2. The highest BCUT2D eigenvalue weighted by Crippen LogP contribution is 2.39. The van der Waals surface area contributed by atoms with Crippen LogP contribution >= 0.6 is 15.9 Å². The van der Waals surface area contributed by atoms with E-state index in [1.807, 2.05) is 6.07 Å². The Kier molecular flexibility index (Phi) is 4.97. The summed E-state index contributed by atoms with van der Waals surface area (Å²) >= 11 is 3.50. The van der Waals surface area contributed by atoms with Crippen molar-refractivity contribution in [1.82, 2.24) is 4.90 Å². The quantitative estimate of drug-likeness (QED) is 0.885. The van der Waals surface area contributed by atoms with Crippen molar-refractivity contribution in [2.75, 3.05) is 19.6 Å². The van der Waals surface area contributed by atoms with Crippen molar-refractivity contribution < 1.29 is 4.39 Å². The fraction of sp³-hybridized carbons (Fsp3) is 0.647. The summed E-state index contributed by atoms with van der Waals surface area (Å²) in [4.78, 5) is 2.52. The molecule has 2 fully saturated rings. The summed E-state index contributed by atoms with van der Waals surface area (Å²) in [5.41, 5.74) is 7.17.